The number of hydrogen-bond acceptors (Lipinski definition) is 3. The molecule has 1 heterocycles. The van der Waals surface area contributed by atoms with Crippen molar-refractivity contribution in [2.24, 2.45) is 4.99 Å². The fourth-order valence-electron chi connectivity index (χ4n) is 2.14. The Labute approximate surface area is 145 Å². The number of nitrogens with zero attached hydrogens (tertiary/aromatic N) is 2. The lowest BCUT2D eigenvalue weighted by Gasteiger charge is -2.26. The molecule has 4 nitrogen and oxygen atoms in total. The van der Waals surface area contributed by atoms with Gasteiger partial charge < -0.3 is 15.5 Å². The number of likely N-dealkylation sites (tertiary alicyclic amines) is 1. The van der Waals surface area contributed by atoms with Crippen LogP contribution in [0.1, 0.15) is 19.3 Å². The molecule has 0 aromatic carbocycles. The van der Waals surface area contributed by atoms with E-state index in [-0.39, 0.29) is 24.0 Å². The van der Waals surface area contributed by atoms with Crippen LogP contribution in [0.4, 0.5) is 0 Å². The fourth-order valence-corrected chi connectivity index (χ4v) is 2.72. The van der Waals surface area contributed by atoms with Crippen LogP contribution in [0.5, 0.6) is 0 Å². The Balaban J connectivity index is 0.00000361. The van der Waals surface area contributed by atoms with E-state index in [4.69, 9.17) is 0 Å². The van der Waals surface area contributed by atoms with E-state index in [1.165, 1.54) is 32.4 Å². The topological polar surface area (TPSA) is 39.7 Å². The quantitative estimate of drug-likeness (QED) is 0.211. The zero-order chi connectivity index (χ0) is 13.8. The summed E-state index contributed by atoms with van der Waals surface area (Å²) in [7, 11) is 1.83. The summed E-state index contributed by atoms with van der Waals surface area (Å²) in [6.07, 6.45) is 6.05. The lowest BCUT2D eigenvalue weighted by atomic mass is 10.1. The summed E-state index contributed by atoms with van der Waals surface area (Å²) in [5.74, 6) is 3.01. The van der Waals surface area contributed by atoms with Crippen molar-refractivity contribution in [3.05, 3.63) is 12.7 Å². The van der Waals surface area contributed by atoms with Gasteiger partial charge in [-0.1, -0.05) is 12.5 Å². The second kappa shape index (κ2) is 14.0. The molecule has 1 fully saturated rings. The molecule has 1 aliphatic heterocycles. The second-order valence-corrected chi connectivity index (χ2v) is 5.84. The molecule has 6 heteroatoms. The van der Waals surface area contributed by atoms with E-state index < -0.39 is 0 Å². The molecule has 0 spiro atoms. The molecule has 1 saturated heterocycles. The minimum atomic E-state index is 0. The van der Waals surface area contributed by atoms with E-state index >= 15 is 0 Å². The predicted octanol–water partition coefficient (Wildman–Crippen LogP) is 2.17. The van der Waals surface area contributed by atoms with Gasteiger partial charge in [0.05, 0.1) is 0 Å². The van der Waals surface area contributed by atoms with Gasteiger partial charge in [0, 0.05) is 38.2 Å². The summed E-state index contributed by atoms with van der Waals surface area (Å²) in [4.78, 5) is 6.77. The molecule has 20 heavy (non-hydrogen) atoms. The normalized spacial score (nSPS) is 16.4. The van der Waals surface area contributed by atoms with Crippen LogP contribution in [0, 0.1) is 0 Å². The summed E-state index contributed by atoms with van der Waals surface area (Å²) >= 11 is 1.88. The summed E-state index contributed by atoms with van der Waals surface area (Å²) in [5.41, 5.74) is 0. The maximum Gasteiger partial charge on any atom is 0.191 e. The van der Waals surface area contributed by atoms with Crippen LogP contribution in [0.2, 0.25) is 0 Å². The van der Waals surface area contributed by atoms with E-state index in [0.29, 0.717) is 0 Å². The Bertz CT molecular complexity index is 268. The van der Waals surface area contributed by atoms with Gasteiger partial charge in [0.1, 0.15) is 0 Å². The monoisotopic (exact) mass is 412 g/mol. The van der Waals surface area contributed by atoms with Crippen molar-refractivity contribution in [2.45, 2.75) is 19.3 Å². The molecule has 0 bridgehead atoms. The van der Waals surface area contributed by atoms with E-state index in [2.05, 4.69) is 27.1 Å². The van der Waals surface area contributed by atoms with Gasteiger partial charge in [-0.2, -0.15) is 11.8 Å². The highest BCUT2D eigenvalue weighted by Gasteiger charge is 2.09. The number of hydrogen-bond donors (Lipinski definition) is 2. The van der Waals surface area contributed by atoms with Crippen LogP contribution in [-0.4, -0.2) is 62.1 Å². The number of guanidine groups is 1. The first-order valence-electron chi connectivity index (χ1n) is 7.22. The summed E-state index contributed by atoms with van der Waals surface area (Å²) in [6, 6.07) is 0. The molecule has 1 aliphatic rings. The molecule has 0 radical (unpaired) electrons. The van der Waals surface area contributed by atoms with E-state index in [9.17, 15) is 0 Å². The van der Waals surface area contributed by atoms with Crippen molar-refractivity contribution in [1.82, 2.24) is 15.5 Å². The van der Waals surface area contributed by atoms with Gasteiger partial charge in [-0.3, -0.25) is 4.99 Å². The SMILES string of the molecule is C=CCSCCNC(=NC)NCCN1CCCCC1.I. The van der Waals surface area contributed by atoms with Gasteiger partial charge in [-0.15, -0.1) is 30.6 Å². The van der Waals surface area contributed by atoms with Crippen molar-refractivity contribution in [3.63, 3.8) is 0 Å². The summed E-state index contributed by atoms with van der Waals surface area (Å²) in [5, 5.41) is 6.71. The lowest BCUT2D eigenvalue weighted by Crippen LogP contribution is -2.43. The average molecular weight is 412 g/mol. The van der Waals surface area contributed by atoms with E-state index in [1.807, 2.05) is 24.9 Å². The van der Waals surface area contributed by atoms with Crippen molar-refractivity contribution >= 4 is 41.7 Å². The Kier molecular flexibility index (Phi) is 14.0. The number of thioether (sulfide) groups is 1. The Morgan fingerprint density at radius 2 is 1.95 bits per heavy atom. The third-order valence-electron chi connectivity index (χ3n) is 3.17. The molecule has 2 N–H and O–H groups in total. The molecule has 0 unspecified atom stereocenters. The molecular weight excluding hydrogens is 383 g/mol. The number of nitrogens with one attached hydrogen (secondary N) is 2. The molecular formula is C14H29IN4S. The van der Waals surface area contributed by atoms with Gasteiger partial charge in [0.2, 0.25) is 0 Å². The lowest BCUT2D eigenvalue weighted by molar-refractivity contribution is 0.232. The molecule has 0 amide bonds. The molecule has 118 valence electrons. The average Bonchev–Trinajstić information content (AvgIpc) is 2.46. The van der Waals surface area contributed by atoms with Gasteiger partial charge in [-0.05, 0) is 25.9 Å². The minimum Gasteiger partial charge on any atom is -0.356 e. The van der Waals surface area contributed by atoms with Crippen molar-refractivity contribution in [2.75, 3.05) is 51.3 Å². The minimum absolute atomic E-state index is 0. The Morgan fingerprint density at radius 1 is 1.25 bits per heavy atom. The first kappa shape index (κ1) is 20.1. The van der Waals surface area contributed by atoms with E-state index in [1.54, 1.807) is 0 Å². The molecule has 0 atom stereocenters. The largest absolute Gasteiger partial charge is 0.356 e. The van der Waals surface area contributed by atoms with Gasteiger partial charge >= 0.3 is 0 Å². The standard InChI is InChI=1S/C14H28N4S.HI/c1-3-12-19-13-8-17-14(15-2)16-7-11-18-9-5-4-6-10-18;/h3H,1,4-13H2,2H3,(H2,15,16,17);1H. The molecule has 0 saturated carbocycles. The molecule has 0 aliphatic carbocycles. The summed E-state index contributed by atoms with van der Waals surface area (Å²) < 4.78 is 0. The number of aliphatic imine (C=N–C) groups is 1. The number of halogens is 1. The maximum atomic E-state index is 4.23. The molecule has 1 rings (SSSR count). The van der Waals surface area contributed by atoms with E-state index in [0.717, 1.165) is 37.1 Å². The third-order valence-corrected chi connectivity index (χ3v) is 4.13. The number of rotatable bonds is 8. The van der Waals surface area contributed by atoms with Gasteiger partial charge in [-0.25, -0.2) is 0 Å². The highest BCUT2D eigenvalue weighted by molar-refractivity contribution is 14.0. The van der Waals surface area contributed by atoms with Crippen LogP contribution < -0.4 is 10.6 Å². The van der Waals surface area contributed by atoms with Crippen molar-refractivity contribution < 1.29 is 0 Å². The summed E-state index contributed by atoms with van der Waals surface area (Å²) in [6.45, 7) is 9.26. The van der Waals surface area contributed by atoms with Crippen LogP contribution in [0.15, 0.2) is 17.6 Å². The van der Waals surface area contributed by atoms with Crippen molar-refractivity contribution in [3.8, 4) is 0 Å². The highest BCUT2D eigenvalue weighted by Crippen LogP contribution is 2.07. The zero-order valence-corrected chi connectivity index (χ0v) is 15.7. The first-order chi connectivity index (χ1) is 9.36. The van der Waals surface area contributed by atoms with Crippen LogP contribution >= 0.6 is 35.7 Å². The third kappa shape index (κ3) is 9.88. The Hall–Kier alpha value is 0.0500. The highest BCUT2D eigenvalue weighted by atomic mass is 127. The van der Waals surface area contributed by atoms with Crippen molar-refractivity contribution in [1.29, 1.82) is 0 Å². The molecule has 0 aromatic heterocycles. The second-order valence-electron chi connectivity index (χ2n) is 4.69. The fraction of sp³-hybridized carbons (Fsp3) is 0.786. The zero-order valence-electron chi connectivity index (χ0n) is 12.6. The number of piperidine rings is 1. The van der Waals surface area contributed by atoms with Crippen LogP contribution in [0.25, 0.3) is 0 Å². The Morgan fingerprint density at radius 3 is 2.60 bits per heavy atom. The van der Waals surface area contributed by atoms with Crippen LogP contribution in [-0.2, 0) is 0 Å². The predicted molar refractivity (Wildman–Crippen MR) is 103 cm³/mol. The molecule has 0 aromatic rings. The van der Waals surface area contributed by atoms with Gasteiger partial charge in [0.15, 0.2) is 5.96 Å². The first-order valence-corrected chi connectivity index (χ1v) is 8.38. The van der Waals surface area contributed by atoms with Crippen LogP contribution in [0.3, 0.4) is 0 Å². The maximum absolute atomic E-state index is 4.23. The van der Waals surface area contributed by atoms with Gasteiger partial charge in [0.25, 0.3) is 0 Å². The smallest absolute Gasteiger partial charge is 0.191 e.